The second-order valence-corrected chi connectivity index (χ2v) is 9.81. The van der Waals surface area contributed by atoms with Crippen molar-refractivity contribution in [2.45, 2.75) is 0 Å². The van der Waals surface area contributed by atoms with E-state index in [1.807, 2.05) is 48.5 Å². The van der Waals surface area contributed by atoms with Crippen LogP contribution in [0.3, 0.4) is 0 Å². The predicted octanol–water partition coefficient (Wildman–Crippen LogP) is 8.22. The maximum Gasteiger partial charge on any atom is 0.238 e. The first-order valence-electron chi connectivity index (χ1n) is 13.3. The van der Waals surface area contributed by atoms with E-state index in [1.54, 1.807) is 0 Å². The molecule has 0 saturated carbocycles. The number of para-hydroxylation sites is 2. The van der Waals surface area contributed by atoms with Gasteiger partial charge in [0, 0.05) is 11.1 Å². The molecular weight excluding hydrogens is 490 g/mol. The van der Waals surface area contributed by atoms with Crippen molar-refractivity contribution < 1.29 is 0 Å². The van der Waals surface area contributed by atoms with Crippen LogP contribution in [0.2, 0.25) is 0 Å². The molecule has 0 aliphatic carbocycles. The third-order valence-electron chi connectivity index (χ3n) is 7.36. The van der Waals surface area contributed by atoms with Gasteiger partial charge in [-0.05, 0) is 41.5 Å². The Hall–Kier alpha value is -5.55. The predicted molar refractivity (Wildman–Crippen MR) is 161 cm³/mol. The van der Waals surface area contributed by atoms with E-state index in [9.17, 15) is 0 Å². The molecule has 40 heavy (non-hydrogen) atoms. The van der Waals surface area contributed by atoms with Gasteiger partial charge in [-0.1, -0.05) is 109 Å². The number of rotatable bonds is 4. The summed E-state index contributed by atoms with van der Waals surface area (Å²) in [6.45, 7) is 0. The zero-order valence-corrected chi connectivity index (χ0v) is 21.5. The SMILES string of the molecule is c1ccc(-c2ccc3c(c2)n2c4ccccc4nc2n3-c2nc(-c3ccccc3)cc(-c3ccccc3)n2)cc1. The first kappa shape index (κ1) is 22.4. The summed E-state index contributed by atoms with van der Waals surface area (Å²) in [6.07, 6.45) is 0. The lowest BCUT2D eigenvalue weighted by molar-refractivity contribution is 0.972. The average molecular weight is 514 g/mol. The minimum absolute atomic E-state index is 0.586. The summed E-state index contributed by atoms with van der Waals surface area (Å²) < 4.78 is 4.31. The summed E-state index contributed by atoms with van der Waals surface area (Å²) >= 11 is 0. The van der Waals surface area contributed by atoms with Crippen molar-refractivity contribution in [3.05, 3.63) is 140 Å². The van der Waals surface area contributed by atoms with Crippen molar-refractivity contribution in [2.75, 3.05) is 0 Å². The quantitative estimate of drug-likeness (QED) is 0.238. The number of benzene rings is 5. The summed E-state index contributed by atoms with van der Waals surface area (Å²) in [4.78, 5) is 15.3. The monoisotopic (exact) mass is 513 g/mol. The third-order valence-corrected chi connectivity index (χ3v) is 7.36. The molecule has 3 aromatic heterocycles. The standard InChI is InChI=1S/C35H23N5/c1-4-12-24(13-5-1)27-20-21-32-33(22-27)39-31-19-11-10-18-28(31)38-35(39)40(32)34-36-29(25-14-6-2-7-15-25)23-30(37-34)26-16-8-3-9-17-26/h1-23H. The van der Waals surface area contributed by atoms with Crippen LogP contribution in [0.15, 0.2) is 140 Å². The lowest BCUT2D eigenvalue weighted by Gasteiger charge is -2.10. The smallest absolute Gasteiger partial charge is 0.238 e. The molecule has 0 bridgehead atoms. The first-order chi connectivity index (χ1) is 19.8. The van der Waals surface area contributed by atoms with E-state index in [4.69, 9.17) is 15.0 Å². The molecule has 5 aromatic carbocycles. The molecule has 5 heteroatoms. The van der Waals surface area contributed by atoms with Crippen LogP contribution >= 0.6 is 0 Å². The Labute approximate surface area is 230 Å². The topological polar surface area (TPSA) is 48.0 Å². The fourth-order valence-electron chi connectivity index (χ4n) is 5.46. The number of hydrogen-bond acceptors (Lipinski definition) is 3. The highest BCUT2D eigenvalue weighted by Crippen LogP contribution is 2.33. The number of hydrogen-bond donors (Lipinski definition) is 0. The Morgan fingerprint density at radius 3 is 1.62 bits per heavy atom. The van der Waals surface area contributed by atoms with E-state index in [0.29, 0.717) is 5.95 Å². The van der Waals surface area contributed by atoms with Crippen molar-refractivity contribution in [3.8, 4) is 39.6 Å². The average Bonchev–Trinajstić information content (AvgIpc) is 3.56. The summed E-state index contributed by atoms with van der Waals surface area (Å²) in [7, 11) is 0. The normalized spacial score (nSPS) is 11.5. The number of fused-ring (bicyclic) bond motifs is 5. The molecule has 188 valence electrons. The highest BCUT2D eigenvalue weighted by Gasteiger charge is 2.20. The van der Waals surface area contributed by atoms with Gasteiger partial charge in [0.05, 0.1) is 33.5 Å². The highest BCUT2D eigenvalue weighted by molar-refractivity contribution is 5.94. The summed E-state index contributed by atoms with van der Waals surface area (Å²) in [6, 6.07) is 47.8. The summed E-state index contributed by atoms with van der Waals surface area (Å²) in [5.41, 5.74) is 10.2. The van der Waals surface area contributed by atoms with Crippen LogP contribution in [0, 0.1) is 0 Å². The number of imidazole rings is 2. The number of nitrogens with zero attached hydrogens (tertiary/aromatic N) is 5. The van der Waals surface area contributed by atoms with E-state index >= 15 is 0 Å². The van der Waals surface area contributed by atoms with Crippen molar-refractivity contribution in [1.82, 2.24) is 23.9 Å². The van der Waals surface area contributed by atoms with Gasteiger partial charge in [0.2, 0.25) is 11.7 Å². The van der Waals surface area contributed by atoms with Gasteiger partial charge in [-0.2, -0.15) is 0 Å². The van der Waals surface area contributed by atoms with Crippen molar-refractivity contribution in [2.24, 2.45) is 0 Å². The van der Waals surface area contributed by atoms with Gasteiger partial charge in [0.15, 0.2) is 0 Å². The maximum atomic E-state index is 5.12. The second-order valence-electron chi connectivity index (χ2n) is 9.81. The zero-order valence-electron chi connectivity index (χ0n) is 21.5. The van der Waals surface area contributed by atoms with Crippen LogP contribution in [0.1, 0.15) is 0 Å². The van der Waals surface area contributed by atoms with Gasteiger partial charge < -0.3 is 0 Å². The molecule has 0 unspecified atom stereocenters. The second kappa shape index (κ2) is 9.03. The van der Waals surface area contributed by atoms with Crippen molar-refractivity contribution >= 4 is 27.8 Å². The van der Waals surface area contributed by atoms with Crippen LogP contribution < -0.4 is 0 Å². The van der Waals surface area contributed by atoms with Crippen LogP contribution in [-0.2, 0) is 0 Å². The minimum atomic E-state index is 0.586. The zero-order chi connectivity index (χ0) is 26.5. The van der Waals surface area contributed by atoms with E-state index < -0.39 is 0 Å². The minimum Gasteiger partial charge on any atom is -0.276 e. The highest BCUT2D eigenvalue weighted by atomic mass is 15.3. The lowest BCUT2D eigenvalue weighted by atomic mass is 10.1. The Balaban J connectivity index is 1.46. The first-order valence-corrected chi connectivity index (χ1v) is 13.3. The third kappa shape index (κ3) is 3.60. The molecule has 0 aliphatic rings. The fraction of sp³-hybridized carbons (Fsp3) is 0. The Morgan fingerprint density at radius 2 is 0.975 bits per heavy atom. The van der Waals surface area contributed by atoms with E-state index in [2.05, 4.69) is 100.0 Å². The molecule has 0 amide bonds. The maximum absolute atomic E-state index is 5.12. The molecule has 0 aliphatic heterocycles. The van der Waals surface area contributed by atoms with Gasteiger partial charge in [0.25, 0.3) is 0 Å². The summed E-state index contributed by atoms with van der Waals surface area (Å²) in [5.74, 6) is 1.37. The van der Waals surface area contributed by atoms with E-state index in [1.165, 1.54) is 5.56 Å². The van der Waals surface area contributed by atoms with Crippen LogP contribution in [-0.4, -0.2) is 23.9 Å². The molecule has 3 heterocycles. The van der Waals surface area contributed by atoms with E-state index in [-0.39, 0.29) is 0 Å². The fourth-order valence-corrected chi connectivity index (χ4v) is 5.46. The van der Waals surface area contributed by atoms with Crippen molar-refractivity contribution in [1.29, 1.82) is 0 Å². The Bertz CT molecular complexity index is 2090. The van der Waals surface area contributed by atoms with Gasteiger partial charge >= 0.3 is 0 Å². The van der Waals surface area contributed by atoms with Gasteiger partial charge in [0.1, 0.15) is 0 Å². The van der Waals surface area contributed by atoms with Gasteiger partial charge in [-0.3, -0.25) is 4.40 Å². The lowest BCUT2D eigenvalue weighted by Crippen LogP contribution is -2.04. The number of aromatic nitrogens is 5. The van der Waals surface area contributed by atoms with Crippen LogP contribution in [0.5, 0.6) is 0 Å². The molecule has 5 nitrogen and oxygen atoms in total. The van der Waals surface area contributed by atoms with Crippen molar-refractivity contribution in [3.63, 3.8) is 0 Å². The molecule has 0 atom stereocenters. The molecule has 0 radical (unpaired) electrons. The molecule has 0 saturated heterocycles. The molecule has 0 fully saturated rings. The molecule has 0 N–H and O–H groups in total. The van der Waals surface area contributed by atoms with E-state index in [0.717, 1.165) is 55.9 Å². The van der Waals surface area contributed by atoms with Gasteiger partial charge in [-0.25, -0.2) is 19.5 Å². The van der Waals surface area contributed by atoms with Crippen LogP contribution in [0.25, 0.3) is 67.4 Å². The molecular formula is C35H23N5. The molecule has 8 rings (SSSR count). The largest absolute Gasteiger partial charge is 0.276 e. The molecule has 0 spiro atoms. The molecule has 8 aromatic rings. The van der Waals surface area contributed by atoms with Crippen LogP contribution in [0.4, 0.5) is 0 Å². The summed E-state index contributed by atoms with van der Waals surface area (Å²) in [5, 5.41) is 0. The Morgan fingerprint density at radius 1 is 0.400 bits per heavy atom. The Kier molecular flexibility index (Phi) is 5.07. The van der Waals surface area contributed by atoms with Gasteiger partial charge in [-0.15, -0.1) is 0 Å².